The zero-order valence-electron chi connectivity index (χ0n) is 25.1. The van der Waals surface area contributed by atoms with E-state index in [2.05, 4.69) is 0 Å². The van der Waals surface area contributed by atoms with Crippen LogP contribution in [0, 0.1) is 20.8 Å². The van der Waals surface area contributed by atoms with Crippen LogP contribution in [0.1, 0.15) is 91.1 Å². The van der Waals surface area contributed by atoms with Gasteiger partial charge in [0.25, 0.3) is 0 Å². The number of carbonyl (C=O) groups excluding carboxylic acids is 2. The van der Waals surface area contributed by atoms with Crippen molar-refractivity contribution in [2.75, 3.05) is 19.5 Å². The number of methoxy groups -OCH3 is 1. The number of carbonyl (C=O) groups is 2. The van der Waals surface area contributed by atoms with E-state index in [9.17, 15) is 9.59 Å². The van der Waals surface area contributed by atoms with Gasteiger partial charge < -0.3 is 14.2 Å². The van der Waals surface area contributed by atoms with Gasteiger partial charge in [0.1, 0.15) is 17.1 Å². The molecule has 0 radical (unpaired) electrons. The van der Waals surface area contributed by atoms with Gasteiger partial charge in [-0.05, 0) is 114 Å². The van der Waals surface area contributed by atoms with Gasteiger partial charge in [-0.2, -0.15) is 0 Å². The Hall–Kier alpha value is -2.38. The van der Waals surface area contributed by atoms with Crippen molar-refractivity contribution in [2.45, 2.75) is 90.9 Å². The van der Waals surface area contributed by atoms with Crippen molar-refractivity contribution in [3.05, 3.63) is 63.7 Å². The summed E-state index contributed by atoms with van der Waals surface area (Å²) in [5.74, 6) is 2.25. The predicted octanol–water partition coefficient (Wildman–Crippen LogP) is 8.49. The van der Waals surface area contributed by atoms with Crippen molar-refractivity contribution >= 4 is 39.4 Å². The minimum absolute atomic E-state index is 0.0996. The molecule has 5 nitrogen and oxygen atoms in total. The van der Waals surface area contributed by atoms with Crippen LogP contribution in [0.2, 0.25) is 0 Å². The van der Waals surface area contributed by atoms with Crippen molar-refractivity contribution in [1.29, 1.82) is 0 Å². The molecule has 0 bridgehead atoms. The van der Waals surface area contributed by atoms with Crippen molar-refractivity contribution < 1.29 is 23.8 Å². The number of esters is 1. The molecule has 0 N–H and O–H groups in total. The van der Waals surface area contributed by atoms with E-state index in [0.29, 0.717) is 17.9 Å². The third-order valence-corrected chi connectivity index (χ3v) is 10.2. The highest BCUT2D eigenvalue weighted by Gasteiger charge is 2.23. The molecule has 0 aliphatic carbocycles. The first kappa shape index (κ1) is 32.1. The smallest absolute Gasteiger partial charge is 0.310 e. The maximum absolute atomic E-state index is 13.0. The predicted molar refractivity (Wildman–Crippen MR) is 169 cm³/mol. The van der Waals surface area contributed by atoms with Gasteiger partial charge in [-0.25, -0.2) is 0 Å². The first-order valence-corrected chi connectivity index (χ1v) is 16.5. The molecular formula is C33H44O5S2. The van der Waals surface area contributed by atoms with E-state index in [-0.39, 0.29) is 18.2 Å². The lowest BCUT2D eigenvalue weighted by Gasteiger charge is -2.22. The van der Waals surface area contributed by atoms with E-state index in [1.807, 2.05) is 75.3 Å². The van der Waals surface area contributed by atoms with Crippen LogP contribution in [0.15, 0.2) is 30.3 Å². The van der Waals surface area contributed by atoms with Gasteiger partial charge in [0, 0.05) is 27.7 Å². The number of rotatable bonds is 13. The van der Waals surface area contributed by atoms with Crippen molar-refractivity contribution in [3.63, 3.8) is 0 Å². The van der Waals surface area contributed by atoms with E-state index in [0.717, 1.165) is 45.2 Å². The second-order valence-corrected chi connectivity index (χ2v) is 14.1. The molecule has 218 valence electrons. The molecule has 0 aromatic heterocycles. The summed E-state index contributed by atoms with van der Waals surface area (Å²) in [6.45, 7) is 12.3. The zero-order chi connectivity index (χ0) is 29.3. The second-order valence-electron chi connectivity index (χ2n) is 11.3. The van der Waals surface area contributed by atoms with Crippen LogP contribution in [-0.4, -0.2) is 42.1 Å². The molecule has 1 atom stereocenters. The van der Waals surface area contributed by atoms with Crippen LogP contribution in [0.3, 0.4) is 0 Å². The monoisotopic (exact) mass is 584 g/mol. The molecule has 1 saturated heterocycles. The Bertz CT molecular complexity index is 1190. The van der Waals surface area contributed by atoms with Crippen LogP contribution in [0.5, 0.6) is 11.5 Å². The van der Waals surface area contributed by atoms with E-state index >= 15 is 0 Å². The SMILES string of the molecule is COc1c(/C=C/C(=O)c2ccc(OCCCCCC3CCSS3)cc2)c(C)c(C)c(C)c1CC(=O)OC(C)(C)C. The Kier molecular flexibility index (Phi) is 12.1. The molecule has 2 aromatic carbocycles. The van der Waals surface area contributed by atoms with E-state index in [4.69, 9.17) is 14.2 Å². The molecule has 1 unspecified atom stereocenters. The topological polar surface area (TPSA) is 61.8 Å². The molecule has 1 heterocycles. The quantitative estimate of drug-likeness (QED) is 0.0769. The van der Waals surface area contributed by atoms with Crippen LogP contribution >= 0.6 is 21.6 Å². The van der Waals surface area contributed by atoms with Gasteiger partial charge in [0.2, 0.25) is 0 Å². The standard InChI is InChI=1S/C33H44O5S2/c1-22-23(2)28(32(36-7)29(24(22)3)21-31(35)38-33(4,5)6)16-17-30(34)25-12-14-26(15-13-25)37-19-10-8-9-11-27-18-20-39-40-27/h12-17,27H,8-11,18-21H2,1-7H3/b17-16+. The molecule has 2 aromatic rings. The summed E-state index contributed by atoms with van der Waals surface area (Å²) < 4.78 is 17.2. The number of benzene rings is 2. The van der Waals surface area contributed by atoms with E-state index in [1.54, 1.807) is 31.4 Å². The van der Waals surface area contributed by atoms with Crippen LogP contribution in [0.25, 0.3) is 6.08 Å². The highest BCUT2D eigenvalue weighted by molar-refractivity contribution is 8.77. The first-order chi connectivity index (χ1) is 19.0. The number of unbranched alkanes of at least 4 members (excludes halogenated alkanes) is 2. The highest BCUT2D eigenvalue weighted by atomic mass is 33.1. The van der Waals surface area contributed by atoms with Crippen LogP contribution in [-0.2, 0) is 16.0 Å². The molecule has 1 fully saturated rings. The Morgan fingerprint density at radius 1 is 1.00 bits per heavy atom. The molecule has 1 aliphatic rings. The highest BCUT2D eigenvalue weighted by Crippen LogP contribution is 2.40. The molecule has 3 rings (SSSR count). The van der Waals surface area contributed by atoms with Gasteiger partial charge in [-0.3, -0.25) is 9.59 Å². The summed E-state index contributed by atoms with van der Waals surface area (Å²) in [6, 6.07) is 7.31. The summed E-state index contributed by atoms with van der Waals surface area (Å²) in [5, 5.41) is 0.837. The largest absolute Gasteiger partial charge is 0.496 e. The third-order valence-electron chi connectivity index (χ3n) is 7.15. The fourth-order valence-electron chi connectivity index (χ4n) is 4.76. The summed E-state index contributed by atoms with van der Waals surface area (Å²) in [6.07, 6.45) is 9.59. The maximum atomic E-state index is 13.0. The fraction of sp³-hybridized carbons (Fsp3) is 0.515. The van der Waals surface area contributed by atoms with Crippen LogP contribution in [0.4, 0.5) is 0 Å². The Morgan fingerprint density at radius 2 is 1.73 bits per heavy atom. The normalized spacial score (nSPS) is 15.4. The molecule has 0 saturated carbocycles. The molecular weight excluding hydrogens is 540 g/mol. The lowest BCUT2D eigenvalue weighted by molar-refractivity contribution is -0.153. The average molecular weight is 585 g/mol. The third kappa shape index (κ3) is 9.34. The minimum Gasteiger partial charge on any atom is -0.496 e. The van der Waals surface area contributed by atoms with Gasteiger partial charge in [0.15, 0.2) is 5.78 Å². The number of ketones is 1. The Balaban J connectivity index is 1.62. The minimum atomic E-state index is -0.568. The number of ether oxygens (including phenoxy) is 3. The van der Waals surface area contributed by atoms with Crippen molar-refractivity contribution in [3.8, 4) is 11.5 Å². The number of allylic oxidation sites excluding steroid dienone is 1. The molecule has 40 heavy (non-hydrogen) atoms. The van der Waals surface area contributed by atoms with Gasteiger partial charge in [-0.1, -0.05) is 34.4 Å². The molecule has 0 amide bonds. The van der Waals surface area contributed by atoms with Gasteiger partial charge in [0.05, 0.1) is 20.1 Å². The lowest BCUT2D eigenvalue weighted by atomic mass is 9.90. The second kappa shape index (κ2) is 15.0. The summed E-state index contributed by atoms with van der Waals surface area (Å²) in [4.78, 5) is 25.6. The number of hydrogen-bond donors (Lipinski definition) is 0. The molecule has 1 aliphatic heterocycles. The van der Waals surface area contributed by atoms with Gasteiger partial charge >= 0.3 is 5.97 Å². The van der Waals surface area contributed by atoms with Gasteiger partial charge in [-0.15, -0.1) is 0 Å². The Labute approximate surface area is 248 Å². The average Bonchev–Trinajstić information content (AvgIpc) is 3.43. The van der Waals surface area contributed by atoms with E-state index in [1.165, 1.54) is 31.4 Å². The molecule has 0 spiro atoms. The Morgan fingerprint density at radius 3 is 2.35 bits per heavy atom. The maximum Gasteiger partial charge on any atom is 0.310 e. The lowest BCUT2D eigenvalue weighted by Crippen LogP contribution is -2.25. The van der Waals surface area contributed by atoms with Crippen molar-refractivity contribution in [1.82, 2.24) is 0 Å². The summed E-state index contributed by atoms with van der Waals surface area (Å²) in [5.41, 5.74) is 4.66. The van der Waals surface area contributed by atoms with Crippen molar-refractivity contribution in [2.24, 2.45) is 0 Å². The fourth-order valence-corrected chi connectivity index (χ4v) is 7.79. The number of hydrogen-bond acceptors (Lipinski definition) is 7. The van der Waals surface area contributed by atoms with Crippen LogP contribution < -0.4 is 9.47 Å². The van der Waals surface area contributed by atoms with E-state index < -0.39 is 5.60 Å². The summed E-state index contributed by atoms with van der Waals surface area (Å²) >= 11 is 0. The zero-order valence-corrected chi connectivity index (χ0v) is 26.7. The molecule has 7 heteroatoms. The summed E-state index contributed by atoms with van der Waals surface area (Å²) in [7, 11) is 5.64. The first-order valence-electron chi connectivity index (χ1n) is 14.1.